The number of carbonyl (C=O) groups is 2. The zero-order chi connectivity index (χ0) is 21.4. The fourth-order valence-electron chi connectivity index (χ4n) is 4.29. The predicted octanol–water partition coefficient (Wildman–Crippen LogP) is 1.17. The van der Waals surface area contributed by atoms with E-state index in [2.05, 4.69) is 15.5 Å². The molecule has 0 aromatic carbocycles. The molecule has 0 saturated carbocycles. The molecule has 4 rings (SSSR count). The molecule has 2 aliphatic rings. The summed E-state index contributed by atoms with van der Waals surface area (Å²) >= 11 is 0. The number of aromatic nitrogens is 2. The van der Waals surface area contributed by atoms with Crippen molar-refractivity contribution < 1.29 is 28.4 Å². The summed E-state index contributed by atoms with van der Waals surface area (Å²) in [6, 6.07) is 1.61. The third kappa shape index (κ3) is 3.61. The Balaban J connectivity index is 1.44. The first-order chi connectivity index (χ1) is 14.4. The Labute approximate surface area is 173 Å². The molecule has 4 heterocycles. The number of nitrogens with one attached hydrogen (secondary N) is 1. The number of aliphatic hydroxyl groups excluding tert-OH is 1. The lowest BCUT2D eigenvalue weighted by Crippen LogP contribution is -2.69. The number of nitrogens with zero attached hydrogens (tertiary/aromatic N) is 3. The molecule has 2 aromatic rings. The smallest absolute Gasteiger partial charge is 0.290 e. The zero-order valence-corrected chi connectivity index (χ0v) is 17.1. The summed E-state index contributed by atoms with van der Waals surface area (Å²) in [6.45, 7) is 4.95. The van der Waals surface area contributed by atoms with Crippen molar-refractivity contribution in [3.63, 3.8) is 0 Å². The van der Waals surface area contributed by atoms with Gasteiger partial charge in [-0.15, -0.1) is 0 Å². The van der Waals surface area contributed by atoms with Crippen molar-refractivity contribution in [2.45, 2.75) is 56.8 Å². The van der Waals surface area contributed by atoms with Crippen molar-refractivity contribution in [2.24, 2.45) is 0 Å². The molecule has 2 N–H and O–H groups in total. The van der Waals surface area contributed by atoms with Gasteiger partial charge < -0.3 is 29.0 Å². The average Bonchev–Trinajstić information content (AvgIpc) is 3.44. The lowest BCUT2D eigenvalue weighted by atomic mass is 9.73. The number of oxazole rings is 1. The summed E-state index contributed by atoms with van der Waals surface area (Å²) in [5, 5.41) is 18.0. The monoisotopic (exact) mass is 418 g/mol. The largest absolute Gasteiger partial charge is 0.451 e. The van der Waals surface area contributed by atoms with Crippen molar-refractivity contribution in [3.8, 4) is 0 Å². The van der Waals surface area contributed by atoms with Gasteiger partial charge in [-0.05, 0) is 32.6 Å². The number of amides is 2. The van der Waals surface area contributed by atoms with Crippen LogP contribution < -0.4 is 5.32 Å². The summed E-state index contributed by atoms with van der Waals surface area (Å²) in [6.07, 6.45) is 3.62. The first kappa shape index (κ1) is 20.5. The van der Waals surface area contributed by atoms with Crippen LogP contribution in [0.4, 0.5) is 0 Å². The van der Waals surface area contributed by atoms with E-state index in [0.29, 0.717) is 51.1 Å². The van der Waals surface area contributed by atoms with Crippen LogP contribution in [0.5, 0.6) is 0 Å². The second-order valence-electron chi connectivity index (χ2n) is 8.14. The Morgan fingerprint density at radius 3 is 2.73 bits per heavy atom. The Kier molecular flexibility index (Phi) is 5.37. The zero-order valence-electron chi connectivity index (χ0n) is 17.1. The number of ether oxygens (including phenoxy) is 1. The lowest BCUT2D eigenvalue weighted by Gasteiger charge is -2.53. The molecule has 162 valence electrons. The van der Waals surface area contributed by atoms with Crippen molar-refractivity contribution in [1.29, 1.82) is 0 Å². The van der Waals surface area contributed by atoms with Gasteiger partial charge in [-0.2, -0.15) is 0 Å². The van der Waals surface area contributed by atoms with Gasteiger partial charge in [0.15, 0.2) is 12.1 Å². The average molecular weight is 418 g/mol. The number of likely N-dealkylation sites (tertiary alicyclic amines) is 1. The molecule has 2 aromatic heterocycles. The van der Waals surface area contributed by atoms with E-state index in [4.69, 9.17) is 13.7 Å². The maximum Gasteiger partial charge on any atom is 0.290 e. The quantitative estimate of drug-likeness (QED) is 0.757. The van der Waals surface area contributed by atoms with E-state index in [9.17, 15) is 14.7 Å². The highest BCUT2D eigenvalue weighted by molar-refractivity contribution is 5.92. The highest BCUT2D eigenvalue weighted by atomic mass is 16.5. The summed E-state index contributed by atoms with van der Waals surface area (Å²) in [5.74, 6) is -0.509. The molecule has 0 radical (unpaired) electrons. The standard InChI is InChI=1S/C20H26N4O6/c1-3-13-10-15(30-23-13)16(25)22-19(2)6-9-29-20(18(19)27)4-7-24(8-5-20)17(26)14-11-28-12-21-14/h10-12,18,27H,3-9H2,1-2H3,(H,22,25)/t18-,19+/m1/s1. The van der Waals surface area contributed by atoms with E-state index in [1.165, 1.54) is 12.7 Å². The van der Waals surface area contributed by atoms with Crippen LogP contribution in [0.15, 0.2) is 27.7 Å². The van der Waals surface area contributed by atoms with Gasteiger partial charge >= 0.3 is 0 Å². The van der Waals surface area contributed by atoms with E-state index in [1.807, 2.05) is 13.8 Å². The second kappa shape index (κ2) is 7.84. The minimum Gasteiger partial charge on any atom is -0.451 e. The van der Waals surface area contributed by atoms with Crippen molar-refractivity contribution in [2.75, 3.05) is 19.7 Å². The van der Waals surface area contributed by atoms with Crippen LogP contribution in [-0.2, 0) is 11.2 Å². The molecule has 10 heteroatoms. The van der Waals surface area contributed by atoms with Crippen LogP contribution in [0.2, 0.25) is 0 Å². The first-order valence-electron chi connectivity index (χ1n) is 10.1. The highest BCUT2D eigenvalue weighted by Gasteiger charge is 2.54. The van der Waals surface area contributed by atoms with E-state index in [1.54, 1.807) is 11.0 Å². The molecular weight excluding hydrogens is 392 g/mol. The fourth-order valence-corrected chi connectivity index (χ4v) is 4.29. The van der Waals surface area contributed by atoms with E-state index >= 15 is 0 Å². The van der Waals surface area contributed by atoms with Crippen LogP contribution in [0.3, 0.4) is 0 Å². The predicted molar refractivity (Wildman–Crippen MR) is 103 cm³/mol. The van der Waals surface area contributed by atoms with Crippen LogP contribution in [0.1, 0.15) is 59.8 Å². The number of aliphatic hydroxyl groups is 1. The van der Waals surface area contributed by atoms with E-state index < -0.39 is 23.2 Å². The molecule has 0 bridgehead atoms. The molecule has 10 nitrogen and oxygen atoms in total. The van der Waals surface area contributed by atoms with Crippen molar-refractivity contribution >= 4 is 11.8 Å². The van der Waals surface area contributed by atoms with Gasteiger partial charge in [0, 0.05) is 25.8 Å². The van der Waals surface area contributed by atoms with Gasteiger partial charge in [-0.1, -0.05) is 12.1 Å². The minimum atomic E-state index is -0.944. The lowest BCUT2D eigenvalue weighted by molar-refractivity contribution is -0.203. The molecule has 2 amide bonds. The van der Waals surface area contributed by atoms with E-state index in [-0.39, 0.29) is 17.4 Å². The highest BCUT2D eigenvalue weighted by Crippen LogP contribution is 2.40. The Morgan fingerprint density at radius 2 is 2.10 bits per heavy atom. The number of aryl methyl sites for hydroxylation is 1. The van der Waals surface area contributed by atoms with Crippen molar-refractivity contribution in [1.82, 2.24) is 20.4 Å². The number of hydrogen-bond acceptors (Lipinski definition) is 8. The number of hydrogen-bond donors (Lipinski definition) is 2. The molecule has 30 heavy (non-hydrogen) atoms. The third-order valence-corrected chi connectivity index (χ3v) is 6.21. The van der Waals surface area contributed by atoms with Gasteiger partial charge in [0.05, 0.1) is 16.8 Å². The maximum absolute atomic E-state index is 12.7. The topological polar surface area (TPSA) is 131 Å². The summed E-state index contributed by atoms with van der Waals surface area (Å²) in [5.41, 5.74) is -0.783. The first-order valence-corrected chi connectivity index (χ1v) is 10.1. The summed E-state index contributed by atoms with van der Waals surface area (Å²) in [7, 11) is 0. The summed E-state index contributed by atoms with van der Waals surface area (Å²) < 4.78 is 16.0. The summed E-state index contributed by atoms with van der Waals surface area (Å²) in [4.78, 5) is 30.7. The Hall–Kier alpha value is -2.72. The normalized spacial score (nSPS) is 26.0. The SMILES string of the molecule is CCc1cc(C(=O)N[C@@]2(C)CCOC3(CCN(C(=O)c4cocn4)CC3)[C@@H]2O)on1. The molecule has 2 aliphatic heterocycles. The molecule has 0 aliphatic carbocycles. The van der Waals surface area contributed by atoms with Crippen LogP contribution in [0.25, 0.3) is 0 Å². The molecule has 0 unspecified atom stereocenters. The van der Waals surface area contributed by atoms with Gasteiger partial charge in [0.1, 0.15) is 12.4 Å². The van der Waals surface area contributed by atoms with Crippen LogP contribution >= 0.6 is 0 Å². The van der Waals surface area contributed by atoms with Crippen LogP contribution in [-0.4, -0.2) is 68.9 Å². The number of piperidine rings is 1. The fraction of sp³-hybridized carbons (Fsp3) is 0.600. The molecule has 1 spiro atoms. The molecule has 2 atom stereocenters. The number of rotatable bonds is 4. The molecule has 2 saturated heterocycles. The van der Waals surface area contributed by atoms with Gasteiger partial charge in [0.2, 0.25) is 5.76 Å². The Morgan fingerprint density at radius 1 is 1.33 bits per heavy atom. The number of carbonyl (C=O) groups excluding carboxylic acids is 2. The van der Waals surface area contributed by atoms with Crippen molar-refractivity contribution in [3.05, 3.63) is 35.9 Å². The molecule has 2 fully saturated rings. The minimum absolute atomic E-state index is 0.119. The third-order valence-electron chi connectivity index (χ3n) is 6.21. The van der Waals surface area contributed by atoms with Gasteiger partial charge in [0.25, 0.3) is 11.8 Å². The van der Waals surface area contributed by atoms with Crippen LogP contribution in [0, 0.1) is 0 Å². The Bertz CT molecular complexity index is 902. The van der Waals surface area contributed by atoms with E-state index in [0.717, 1.165) is 0 Å². The molecular formula is C20H26N4O6. The van der Waals surface area contributed by atoms with Gasteiger partial charge in [-0.25, -0.2) is 4.98 Å². The maximum atomic E-state index is 12.7. The van der Waals surface area contributed by atoms with Gasteiger partial charge in [-0.3, -0.25) is 9.59 Å². The second-order valence-corrected chi connectivity index (χ2v) is 8.14.